The predicted octanol–water partition coefficient (Wildman–Crippen LogP) is 2.09. The molecule has 0 amide bonds. The van der Waals surface area contributed by atoms with Crippen LogP contribution in [0.3, 0.4) is 0 Å². The minimum absolute atomic E-state index is 0.0414. The van der Waals surface area contributed by atoms with Crippen LogP contribution in [0, 0.1) is 6.92 Å². The van der Waals surface area contributed by atoms with Crippen molar-refractivity contribution in [1.82, 2.24) is 20.0 Å². The molecular formula is C16H24N6OS. The van der Waals surface area contributed by atoms with Crippen LogP contribution in [0.15, 0.2) is 17.1 Å². The fourth-order valence-corrected chi connectivity index (χ4v) is 3.64. The molecule has 1 atom stereocenters. The second-order valence-electron chi connectivity index (χ2n) is 6.55. The van der Waals surface area contributed by atoms with Gasteiger partial charge in [-0.1, -0.05) is 11.3 Å². The van der Waals surface area contributed by atoms with E-state index < -0.39 is 0 Å². The molecule has 0 unspecified atom stereocenters. The summed E-state index contributed by atoms with van der Waals surface area (Å²) in [7, 11) is 1.98. The zero-order valence-corrected chi connectivity index (χ0v) is 15.5. The summed E-state index contributed by atoms with van der Waals surface area (Å²) in [6.45, 7) is 7.84. The lowest BCUT2D eigenvalue weighted by atomic mass is 10.1. The van der Waals surface area contributed by atoms with Gasteiger partial charge in [-0.2, -0.15) is 5.10 Å². The minimum Gasteiger partial charge on any atom is -0.371 e. The van der Waals surface area contributed by atoms with Crippen LogP contribution < -0.4 is 15.4 Å². The Balaban J connectivity index is 1.80. The van der Waals surface area contributed by atoms with Crippen molar-refractivity contribution in [3.63, 3.8) is 0 Å². The van der Waals surface area contributed by atoms with Gasteiger partial charge in [0.05, 0.1) is 17.9 Å². The highest BCUT2D eigenvalue weighted by atomic mass is 32.1. The number of hydrogen-bond acceptors (Lipinski definition) is 7. The quantitative estimate of drug-likeness (QED) is 0.843. The maximum absolute atomic E-state index is 12.5. The molecule has 0 N–H and O–H groups in total. The number of nitrogens with zero attached hydrogens (tertiary/aromatic N) is 6. The molecule has 1 fully saturated rings. The molecule has 2 aromatic rings. The van der Waals surface area contributed by atoms with Gasteiger partial charge in [-0.05, 0) is 33.6 Å². The number of hydrogen-bond donors (Lipinski definition) is 0. The third-order valence-corrected chi connectivity index (χ3v) is 5.42. The Morgan fingerprint density at radius 3 is 2.79 bits per heavy atom. The largest absolute Gasteiger partial charge is 0.371 e. The summed E-state index contributed by atoms with van der Waals surface area (Å²) in [6, 6.07) is 2.09. The number of aryl methyl sites for hydroxylation is 1. The molecule has 2 aromatic heterocycles. The van der Waals surface area contributed by atoms with Crippen molar-refractivity contribution in [2.24, 2.45) is 0 Å². The molecule has 7 nitrogen and oxygen atoms in total. The van der Waals surface area contributed by atoms with E-state index in [1.165, 1.54) is 0 Å². The van der Waals surface area contributed by atoms with Gasteiger partial charge in [0.1, 0.15) is 5.01 Å². The average Bonchev–Trinajstić information content (AvgIpc) is 3.00. The van der Waals surface area contributed by atoms with E-state index >= 15 is 0 Å². The van der Waals surface area contributed by atoms with Crippen LogP contribution in [-0.2, 0) is 0 Å². The van der Waals surface area contributed by atoms with E-state index in [0.717, 1.165) is 41.8 Å². The second kappa shape index (κ2) is 6.88. The Hall–Kier alpha value is -1.96. The molecule has 0 aromatic carbocycles. The maximum atomic E-state index is 12.5. The normalized spacial score (nSPS) is 18.2. The van der Waals surface area contributed by atoms with Crippen molar-refractivity contribution in [2.75, 3.05) is 29.9 Å². The number of piperidine rings is 1. The smallest absolute Gasteiger partial charge is 0.269 e. The van der Waals surface area contributed by atoms with Crippen LogP contribution in [0.25, 0.3) is 0 Å². The lowest BCUT2D eigenvalue weighted by molar-refractivity contribution is 0.362. The molecule has 24 heavy (non-hydrogen) atoms. The molecule has 0 spiro atoms. The Morgan fingerprint density at radius 1 is 1.38 bits per heavy atom. The van der Waals surface area contributed by atoms with Gasteiger partial charge in [0, 0.05) is 32.2 Å². The molecule has 130 valence electrons. The first-order valence-corrected chi connectivity index (χ1v) is 9.14. The average molecular weight is 348 g/mol. The third-order valence-electron chi connectivity index (χ3n) is 4.52. The van der Waals surface area contributed by atoms with Crippen LogP contribution in [0.1, 0.15) is 37.7 Å². The van der Waals surface area contributed by atoms with E-state index in [1.54, 1.807) is 28.3 Å². The summed E-state index contributed by atoms with van der Waals surface area (Å²) in [6.07, 6.45) is 3.76. The van der Waals surface area contributed by atoms with Crippen molar-refractivity contribution >= 4 is 22.2 Å². The molecule has 1 aliphatic heterocycles. The fourth-order valence-electron chi connectivity index (χ4n) is 2.92. The molecule has 8 heteroatoms. The molecule has 3 rings (SSSR count). The highest BCUT2D eigenvalue weighted by Gasteiger charge is 2.25. The van der Waals surface area contributed by atoms with E-state index in [1.807, 2.05) is 14.0 Å². The molecule has 0 radical (unpaired) electrons. The van der Waals surface area contributed by atoms with Crippen molar-refractivity contribution < 1.29 is 0 Å². The van der Waals surface area contributed by atoms with Crippen LogP contribution in [0.5, 0.6) is 0 Å². The molecule has 0 aliphatic carbocycles. The monoisotopic (exact) mass is 348 g/mol. The topological polar surface area (TPSA) is 67.2 Å². The van der Waals surface area contributed by atoms with Crippen LogP contribution >= 0.6 is 11.3 Å². The summed E-state index contributed by atoms with van der Waals surface area (Å²) in [5.41, 5.74) is 0.818. The lowest BCUT2D eigenvalue weighted by Crippen LogP contribution is -2.41. The highest BCUT2D eigenvalue weighted by molar-refractivity contribution is 7.15. The van der Waals surface area contributed by atoms with Crippen molar-refractivity contribution in [3.05, 3.63) is 27.6 Å². The zero-order valence-electron chi connectivity index (χ0n) is 14.6. The minimum atomic E-state index is -0.0414. The standard InChI is InChI=1S/C16H24N6OS/c1-11(2)20(4)14-8-15(23)22(17-9-14)13-6-5-7-21(10-13)16-19-18-12(3)24-16/h8-9,11,13H,5-7,10H2,1-4H3/t13-/m0/s1. The molecule has 3 heterocycles. The van der Waals surface area contributed by atoms with Crippen molar-refractivity contribution in [2.45, 2.75) is 45.7 Å². The third kappa shape index (κ3) is 3.43. The van der Waals surface area contributed by atoms with E-state index in [0.29, 0.717) is 6.04 Å². The van der Waals surface area contributed by atoms with Gasteiger partial charge >= 0.3 is 0 Å². The SMILES string of the molecule is Cc1nnc(N2CCC[C@H](n3ncc(N(C)C(C)C)cc3=O)C2)s1. The second-order valence-corrected chi connectivity index (χ2v) is 7.71. The fraction of sp³-hybridized carbons (Fsp3) is 0.625. The highest BCUT2D eigenvalue weighted by Crippen LogP contribution is 2.27. The first-order chi connectivity index (χ1) is 11.5. The van der Waals surface area contributed by atoms with Gasteiger partial charge in [-0.25, -0.2) is 4.68 Å². The van der Waals surface area contributed by atoms with Crippen LogP contribution in [0.4, 0.5) is 10.8 Å². The number of aromatic nitrogens is 4. The van der Waals surface area contributed by atoms with Crippen LogP contribution in [0.2, 0.25) is 0 Å². The van der Waals surface area contributed by atoms with Gasteiger partial charge in [0.2, 0.25) is 5.13 Å². The van der Waals surface area contributed by atoms with E-state index in [4.69, 9.17) is 0 Å². The maximum Gasteiger partial charge on any atom is 0.269 e. The van der Waals surface area contributed by atoms with Crippen molar-refractivity contribution in [1.29, 1.82) is 0 Å². The van der Waals surface area contributed by atoms with E-state index in [-0.39, 0.29) is 11.6 Å². The summed E-state index contributed by atoms with van der Waals surface area (Å²) in [5.74, 6) is 0. The van der Waals surface area contributed by atoms with Gasteiger partial charge in [-0.3, -0.25) is 4.79 Å². The first kappa shape index (κ1) is 16.9. The molecule has 1 saturated heterocycles. The molecule has 0 bridgehead atoms. The van der Waals surface area contributed by atoms with E-state index in [2.05, 4.69) is 38.9 Å². The summed E-state index contributed by atoms with van der Waals surface area (Å²) in [5, 5.41) is 14.7. The Morgan fingerprint density at radius 2 is 2.17 bits per heavy atom. The summed E-state index contributed by atoms with van der Waals surface area (Å²) < 4.78 is 1.62. The van der Waals surface area contributed by atoms with Gasteiger partial charge in [0.25, 0.3) is 5.56 Å². The Bertz CT molecular complexity index is 755. The van der Waals surface area contributed by atoms with Gasteiger partial charge in [-0.15, -0.1) is 10.2 Å². The summed E-state index contributed by atoms with van der Waals surface area (Å²) in [4.78, 5) is 16.8. The van der Waals surface area contributed by atoms with Gasteiger partial charge < -0.3 is 9.80 Å². The molecule has 1 aliphatic rings. The zero-order chi connectivity index (χ0) is 17.3. The lowest BCUT2D eigenvalue weighted by Gasteiger charge is -2.32. The van der Waals surface area contributed by atoms with Crippen molar-refractivity contribution in [3.8, 4) is 0 Å². The Kier molecular flexibility index (Phi) is 4.84. The summed E-state index contributed by atoms with van der Waals surface area (Å²) >= 11 is 1.59. The number of anilines is 2. The van der Waals surface area contributed by atoms with Crippen LogP contribution in [-0.4, -0.2) is 46.2 Å². The molecular weight excluding hydrogens is 324 g/mol. The predicted molar refractivity (Wildman–Crippen MR) is 97.2 cm³/mol. The van der Waals surface area contributed by atoms with E-state index in [9.17, 15) is 4.79 Å². The van der Waals surface area contributed by atoms with Gasteiger partial charge in [0.15, 0.2) is 0 Å². The number of rotatable bonds is 4. The first-order valence-electron chi connectivity index (χ1n) is 8.32. The molecule has 0 saturated carbocycles. The Labute approximate surface area is 145 Å².